The van der Waals surface area contributed by atoms with Gasteiger partial charge in [-0.15, -0.1) is 0 Å². The second kappa shape index (κ2) is 7.67. The van der Waals surface area contributed by atoms with Crippen molar-refractivity contribution in [1.29, 1.82) is 0 Å². The van der Waals surface area contributed by atoms with Crippen LogP contribution in [0.4, 0.5) is 0 Å². The first-order valence-electron chi connectivity index (χ1n) is 6.77. The third-order valence-electron chi connectivity index (χ3n) is 2.90. The van der Waals surface area contributed by atoms with Gasteiger partial charge in [0.25, 0.3) is 0 Å². The fraction of sp³-hybridized carbons (Fsp3) is 0.923. The highest BCUT2D eigenvalue weighted by Crippen LogP contribution is 2.12. The number of nitrogens with zero attached hydrogens (tertiary/aromatic N) is 1. The Bertz CT molecular complexity index is 231. The van der Waals surface area contributed by atoms with Crippen LogP contribution >= 0.6 is 0 Å². The number of hydrogen-bond acceptors (Lipinski definition) is 3. The average molecular weight is 242 g/mol. The average Bonchev–Trinajstić information content (AvgIpc) is 2.60. The van der Waals surface area contributed by atoms with Crippen molar-refractivity contribution in [3.63, 3.8) is 0 Å². The Labute approximate surface area is 105 Å². The molecule has 1 saturated heterocycles. The van der Waals surface area contributed by atoms with Crippen LogP contribution in [0, 0.1) is 0 Å². The molecule has 0 saturated carbocycles. The minimum Gasteiger partial charge on any atom is -0.381 e. The molecule has 0 radical (unpaired) electrons. The van der Waals surface area contributed by atoms with Crippen molar-refractivity contribution in [2.75, 3.05) is 26.3 Å². The third kappa shape index (κ3) is 5.04. The molecule has 4 nitrogen and oxygen atoms in total. The number of hydrogen-bond donors (Lipinski definition) is 1. The quantitative estimate of drug-likeness (QED) is 0.654. The summed E-state index contributed by atoms with van der Waals surface area (Å²) < 4.78 is 5.42. The lowest BCUT2D eigenvalue weighted by atomic mass is 10.2. The highest BCUT2D eigenvalue weighted by atomic mass is 16.5. The van der Waals surface area contributed by atoms with Crippen LogP contribution in [-0.2, 0) is 9.53 Å². The first kappa shape index (κ1) is 14.5. The molecular formula is C13H26N2O2. The van der Waals surface area contributed by atoms with E-state index in [2.05, 4.69) is 26.1 Å². The summed E-state index contributed by atoms with van der Waals surface area (Å²) in [5.74, 6) is 0.259. The number of nitrogens with one attached hydrogen (secondary N) is 1. The largest absolute Gasteiger partial charge is 0.381 e. The normalized spacial score (nSPS) is 20.6. The van der Waals surface area contributed by atoms with E-state index >= 15 is 0 Å². The number of amides is 1. The number of carbonyl (C=O) groups excluding carboxylic acids is 1. The van der Waals surface area contributed by atoms with Gasteiger partial charge in [-0.3, -0.25) is 4.79 Å². The highest BCUT2D eigenvalue weighted by molar-refractivity contribution is 5.83. The molecule has 1 unspecified atom stereocenters. The Morgan fingerprint density at radius 1 is 1.47 bits per heavy atom. The van der Waals surface area contributed by atoms with Crippen molar-refractivity contribution in [2.24, 2.45) is 0 Å². The smallest absolute Gasteiger partial charge is 0.239 e. The Morgan fingerprint density at radius 2 is 2.24 bits per heavy atom. The molecule has 0 aromatic carbocycles. The molecule has 1 rings (SSSR count). The summed E-state index contributed by atoms with van der Waals surface area (Å²) in [5, 5.41) is 3.31. The van der Waals surface area contributed by atoms with Crippen molar-refractivity contribution >= 4 is 5.91 Å². The van der Waals surface area contributed by atoms with E-state index in [9.17, 15) is 4.79 Å². The van der Waals surface area contributed by atoms with Gasteiger partial charge in [0.05, 0.1) is 6.04 Å². The summed E-state index contributed by atoms with van der Waals surface area (Å²) in [6.07, 6.45) is 2.94. The topological polar surface area (TPSA) is 41.6 Å². The van der Waals surface area contributed by atoms with Crippen LogP contribution in [-0.4, -0.2) is 49.2 Å². The zero-order chi connectivity index (χ0) is 12.7. The lowest BCUT2D eigenvalue weighted by Gasteiger charge is -2.18. The predicted molar refractivity (Wildman–Crippen MR) is 69.0 cm³/mol. The first-order chi connectivity index (χ1) is 8.15. The molecule has 0 spiro atoms. The van der Waals surface area contributed by atoms with Crippen LogP contribution < -0.4 is 5.32 Å². The molecule has 100 valence electrons. The van der Waals surface area contributed by atoms with Gasteiger partial charge < -0.3 is 15.0 Å². The van der Waals surface area contributed by atoms with Gasteiger partial charge in [0.2, 0.25) is 5.91 Å². The molecule has 1 atom stereocenters. The van der Waals surface area contributed by atoms with Gasteiger partial charge >= 0.3 is 0 Å². The van der Waals surface area contributed by atoms with Gasteiger partial charge in [0.15, 0.2) is 0 Å². The molecular weight excluding hydrogens is 216 g/mol. The zero-order valence-corrected chi connectivity index (χ0v) is 11.4. The number of likely N-dealkylation sites (tertiary alicyclic amines) is 1. The molecule has 0 aliphatic carbocycles. The van der Waals surface area contributed by atoms with Crippen molar-refractivity contribution in [1.82, 2.24) is 10.2 Å². The first-order valence-corrected chi connectivity index (χ1v) is 6.77. The van der Waals surface area contributed by atoms with E-state index in [1.807, 2.05) is 4.90 Å². The molecule has 1 heterocycles. The minimum atomic E-state index is 0.0339. The number of carbonyl (C=O) groups is 1. The summed E-state index contributed by atoms with van der Waals surface area (Å²) in [6.45, 7) is 9.57. The van der Waals surface area contributed by atoms with E-state index in [4.69, 9.17) is 4.74 Å². The van der Waals surface area contributed by atoms with E-state index < -0.39 is 0 Å². The highest BCUT2D eigenvalue weighted by Gasteiger charge is 2.30. The van der Waals surface area contributed by atoms with E-state index in [0.29, 0.717) is 6.04 Å². The SMILES string of the molecule is CCCOCCCN1CCC(NC(C)C)C1=O. The van der Waals surface area contributed by atoms with Crippen LogP contribution in [0.5, 0.6) is 0 Å². The molecule has 1 aliphatic rings. The Kier molecular flexibility index (Phi) is 6.52. The van der Waals surface area contributed by atoms with E-state index in [1.165, 1.54) is 0 Å². The molecule has 0 bridgehead atoms. The van der Waals surface area contributed by atoms with Crippen molar-refractivity contribution in [3.8, 4) is 0 Å². The second-order valence-corrected chi connectivity index (χ2v) is 4.95. The van der Waals surface area contributed by atoms with Crippen LogP contribution in [0.3, 0.4) is 0 Å². The van der Waals surface area contributed by atoms with Crippen molar-refractivity contribution in [3.05, 3.63) is 0 Å². The standard InChI is InChI=1S/C13H26N2O2/c1-4-9-17-10-5-7-15-8-6-12(13(15)16)14-11(2)3/h11-12,14H,4-10H2,1-3H3. The molecule has 4 heteroatoms. The molecule has 1 N–H and O–H groups in total. The molecule has 17 heavy (non-hydrogen) atoms. The van der Waals surface area contributed by atoms with Crippen molar-refractivity contribution in [2.45, 2.75) is 52.1 Å². The summed E-state index contributed by atoms with van der Waals surface area (Å²) in [5.41, 5.74) is 0. The lowest BCUT2D eigenvalue weighted by Crippen LogP contribution is -2.41. The molecule has 1 aliphatic heterocycles. The fourth-order valence-corrected chi connectivity index (χ4v) is 2.12. The van der Waals surface area contributed by atoms with E-state index in [0.717, 1.165) is 45.6 Å². The van der Waals surface area contributed by atoms with Gasteiger partial charge in [-0.1, -0.05) is 20.8 Å². The summed E-state index contributed by atoms with van der Waals surface area (Å²) >= 11 is 0. The number of ether oxygens (including phenoxy) is 1. The summed E-state index contributed by atoms with van der Waals surface area (Å²) in [7, 11) is 0. The van der Waals surface area contributed by atoms with Crippen LogP contribution in [0.1, 0.15) is 40.0 Å². The van der Waals surface area contributed by atoms with Gasteiger partial charge in [0, 0.05) is 32.3 Å². The molecule has 1 amide bonds. The monoisotopic (exact) mass is 242 g/mol. The summed E-state index contributed by atoms with van der Waals surface area (Å²) in [4.78, 5) is 13.9. The van der Waals surface area contributed by atoms with Gasteiger partial charge in [-0.25, -0.2) is 0 Å². The lowest BCUT2D eigenvalue weighted by molar-refractivity contribution is -0.129. The minimum absolute atomic E-state index is 0.0339. The fourth-order valence-electron chi connectivity index (χ4n) is 2.12. The molecule has 0 aromatic heterocycles. The van der Waals surface area contributed by atoms with Gasteiger partial charge in [-0.2, -0.15) is 0 Å². The predicted octanol–water partition coefficient (Wildman–Crippen LogP) is 1.40. The number of rotatable bonds is 8. The van der Waals surface area contributed by atoms with Crippen LogP contribution in [0.25, 0.3) is 0 Å². The Hall–Kier alpha value is -0.610. The van der Waals surface area contributed by atoms with E-state index in [-0.39, 0.29) is 11.9 Å². The maximum atomic E-state index is 12.0. The maximum absolute atomic E-state index is 12.0. The maximum Gasteiger partial charge on any atom is 0.239 e. The van der Waals surface area contributed by atoms with E-state index in [1.54, 1.807) is 0 Å². The Morgan fingerprint density at radius 3 is 2.88 bits per heavy atom. The second-order valence-electron chi connectivity index (χ2n) is 4.95. The molecule has 1 fully saturated rings. The summed E-state index contributed by atoms with van der Waals surface area (Å²) in [6, 6.07) is 0.406. The van der Waals surface area contributed by atoms with Gasteiger partial charge in [0.1, 0.15) is 0 Å². The van der Waals surface area contributed by atoms with Gasteiger partial charge in [-0.05, 0) is 19.3 Å². The third-order valence-corrected chi connectivity index (χ3v) is 2.90. The van der Waals surface area contributed by atoms with Crippen LogP contribution in [0.15, 0.2) is 0 Å². The Balaban J connectivity index is 2.16. The molecule has 0 aromatic rings. The zero-order valence-electron chi connectivity index (χ0n) is 11.4. The van der Waals surface area contributed by atoms with Crippen LogP contribution in [0.2, 0.25) is 0 Å². The van der Waals surface area contributed by atoms with Crippen molar-refractivity contribution < 1.29 is 9.53 Å².